The number of fused-ring (bicyclic) bond motifs is 1. The van der Waals surface area contributed by atoms with E-state index in [-0.39, 0.29) is 0 Å². The molecule has 0 radical (unpaired) electrons. The molecule has 1 unspecified atom stereocenters. The summed E-state index contributed by atoms with van der Waals surface area (Å²) >= 11 is 1.33. The Morgan fingerprint density at radius 1 is 1.69 bits per heavy atom. The van der Waals surface area contributed by atoms with Gasteiger partial charge in [0.25, 0.3) is 0 Å². The summed E-state index contributed by atoms with van der Waals surface area (Å²) in [4.78, 5) is 3.05. The van der Waals surface area contributed by atoms with Gasteiger partial charge in [0.2, 0.25) is 0 Å². The van der Waals surface area contributed by atoms with Gasteiger partial charge in [-0.25, -0.2) is 0 Å². The molecule has 0 bridgehead atoms. The Morgan fingerprint density at radius 3 is 3.15 bits per heavy atom. The van der Waals surface area contributed by atoms with E-state index in [1.807, 2.05) is 0 Å². The van der Waals surface area contributed by atoms with E-state index in [1.165, 1.54) is 11.5 Å². The summed E-state index contributed by atoms with van der Waals surface area (Å²) in [7, 11) is 2.09. The number of rotatable bonds is 0. The molecule has 0 fully saturated rings. The number of hydrogen-bond acceptors (Lipinski definition) is 4. The fraction of sp³-hybridized carbons (Fsp3) is 0.556. The number of nitrogens with zero attached hydrogens (tertiary/aromatic N) is 3. The third-order valence-electron chi connectivity index (χ3n) is 2.62. The third-order valence-corrected chi connectivity index (χ3v) is 3.45. The Balaban J connectivity index is 2.40. The van der Waals surface area contributed by atoms with Crippen molar-refractivity contribution in [2.24, 2.45) is 0 Å². The highest BCUT2D eigenvalue weighted by Gasteiger charge is 2.24. The molecule has 1 aliphatic rings. The molecule has 2 rings (SSSR count). The van der Waals surface area contributed by atoms with Crippen molar-refractivity contribution in [3.05, 3.63) is 16.1 Å². The highest BCUT2D eigenvalue weighted by Crippen LogP contribution is 2.26. The largest absolute Gasteiger partial charge is 0.299 e. The van der Waals surface area contributed by atoms with E-state index in [0.29, 0.717) is 6.04 Å². The van der Waals surface area contributed by atoms with Gasteiger partial charge in [-0.15, -0.1) is 0 Å². The Kier molecular flexibility index (Phi) is 2.06. The lowest BCUT2D eigenvalue weighted by molar-refractivity contribution is 0.230. The predicted molar refractivity (Wildman–Crippen MR) is 51.5 cm³/mol. The van der Waals surface area contributed by atoms with Crippen LogP contribution in [-0.4, -0.2) is 22.4 Å². The summed E-state index contributed by atoms with van der Waals surface area (Å²) in [6.07, 6.45) is 0.976. The zero-order chi connectivity index (χ0) is 9.42. The average Bonchev–Trinajstić information content (AvgIpc) is 2.48. The van der Waals surface area contributed by atoms with E-state index in [0.717, 1.165) is 29.1 Å². The molecule has 3 nitrogen and oxygen atoms in total. The highest BCUT2D eigenvalue weighted by molar-refractivity contribution is 7.06. The van der Waals surface area contributed by atoms with E-state index in [9.17, 15) is 0 Å². The minimum Gasteiger partial charge on any atom is -0.299 e. The topological polar surface area (TPSA) is 39.9 Å². The first-order valence-electron chi connectivity index (χ1n) is 4.30. The molecule has 0 spiro atoms. The Morgan fingerprint density at radius 2 is 2.46 bits per heavy atom. The maximum atomic E-state index is 8.84. The van der Waals surface area contributed by atoms with Gasteiger partial charge in [-0.1, -0.05) is 0 Å². The van der Waals surface area contributed by atoms with Crippen molar-refractivity contribution in [3.63, 3.8) is 0 Å². The maximum Gasteiger partial charge on any atom is 0.130 e. The van der Waals surface area contributed by atoms with Crippen LogP contribution in [0, 0.1) is 11.3 Å². The molecule has 1 atom stereocenters. The fourth-order valence-corrected chi connectivity index (χ4v) is 2.31. The summed E-state index contributed by atoms with van der Waals surface area (Å²) < 4.78 is 4.30. The summed E-state index contributed by atoms with van der Waals surface area (Å²) in [5.41, 5.74) is 2.28. The van der Waals surface area contributed by atoms with Crippen molar-refractivity contribution in [1.82, 2.24) is 9.27 Å². The standard InChI is InChI=1S/C9H11N3S/c1-6-3-8-7(5-12(6)2)9(4-10)13-11-8/h6H,3,5H2,1-2H3. The van der Waals surface area contributed by atoms with Gasteiger partial charge < -0.3 is 0 Å². The number of aromatic nitrogens is 1. The van der Waals surface area contributed by atoms with Crippen LogP contribution >= 0.6 is 11.5 Å². The normalized spacial score (nSPS) is 22.4. The second-order valence-electron chi connectivity index (χ2n) is 3.52. The van der Waals surface area contributed by atoms with Gasteiger partial charge in [0.05, 0.1) is 5.69 Å². The van der Waals surface area contributed by atoms with E-state index < -0.39 is 0 Å². The van der Waals surface area contributed by atoms with E-state index in [1.54, 1.807) is 0 Å². The summed E-state index contributed by atoms with van der Waals surface area (Å²) in [6.45, 7) is 3.06. The van der Waals surface area contributed by atoms with Crippen LogP contribution in [0.25, 0.3) is 0 Å². The van der Waals surface area contributed by atoms with Crippen molar-refractivity contribution in [2.45, 2.75) is 25.9 Å². The van der Waals surface area contributed by atoms with Crippen LogP contribution in [0.1, 0.15) is 23.1 Å². The summed E-state index contributed by atoms with van der Waals surface area (Å²) in [5, 5.41) is 8.84. The van der Waals surface area contributed by atoms with Gasteiger partial charge >= 0.3 is 0 Å². The molecular formula is C9H11N3S. The molecule has 13 heavy (non-hydrogen) atoms. The van der Waals surface area contributed by atoms with Crippen LogP contribution in [0.2, 0.25) is 0 Å². The summed E-state index contributed by atoms with van der Waals surface area (Å²) in [6, 6.07) is 2.74. The van der Waals surface area contributed by atoms with Gasteiger partial charge in [0.1, 0.15) is 10.9 Å². The Bertz CT molecular complexity index is 363. The van der Waals surface area contributed by atoms with Crippen molar-refractivity contribution in [1.29, 1.82) is 5.26 Å². The van der Waals surface area contributed by atoms with Crippen molar-refractivity contribution < 1.29 is 0 Å². The molecular weight excluding hydrogens is 182 g/mol. The van der Waals surface area contributed by atoms with Crippen LogP contribution in [0.5, 0.6) is 0 Å². The number of hydrogen-bond donors (Lipinski definition) is 0. The van der Waals surface area contributed by atoms with Crippen molar-refractivity contribution in [2.75, 3.05) is 7.05 Å². The smallest absolute Gasteiger partial charge is 0.130 e. The zero-order valence-electron chi connectivity index (χ0n) is 7.74. The van der Waals surface area contributed by atoms with E-state index in [4.69, 9.17) is 5.26 Å². The predicted octanol–water partition coefficient (Wildman–Crippen LogP) is 1.39. The minimum atomic E-state index is 0.543. The van der Waals surface area contributed by atoms with Gasteiger partial charge in [-0.3, -0.25) is 4.90 Å². The molecule has 68 valence electrons. The monoisotopic (exact) mass is 193 g/mol. The molecule has 2 heterocycles. The lowest BCUT2D eigenvalue weighted by Gasteiger charge is -2.28. The van der Waals surface area contributed by atoms with Crippen LogP contribution in [0.3, 0.4) is 0 Å². The fourth-order valence-electron chi connectivity index (χ4n) is 1.59. The first kappa shape index (κ1) is 8.67. The number of likely N-dealkylation sites (N-methyl/N-ethyl adjacent to an activating group) is 1. The van der Waals surface area contributed by atoms with Gasteiger partial charge in [-0.05, 0) is 25.5 Å². The van der Waals surface area contributed by atoms with Crippen molar-refractivity contribution in [3.8, 4) is 6.07 Å². The van der Waals surface area contributed by atoms with E-state index >= 15 is 0 Å². The minimum absolute atomic E-state index is 0.543. The summed E-state index contributed by atoms with van der Waals surface area (Å²) in [5.74, 6) is 0. The first-order chi connectivity index (χ1) is 6.22. The lowest BCUT2D eigenvalue weighted by Crippen LogP contribution is -2.35. The van der Waals surface area contributed by atoms with Crippen molar-refractivity contribution >= 4 is 11.5 Å². The maximum absolute atomic E-state index is 8.84. The van der Waals surface area contributed by atoms with Crippen LogP contribution in [0.15, 0.2) is 0 Å². The molecule has 1 aromatic rings. The highest BCUT2D eigenvalue weighted by atomic mass is 32.1. The second kappa shape index (κ2) is 3.09. The average molecular weight is 193 g/mol. The number of nitriles is 1. The molecule has 1 aliphatic heterocycles. The Hall–Kier alpha value is -0.920. The lowest BCUT2D eigenvalue weighted by atomic mass is 10.0. The Labute approximate surface area is 81.8 Å². The third kappa shape index (κ3) is 1.34. The molecule has 0 aromatic carbocycles. The van der Waals surface area contributed by atoms with Gasteiger partial charge in [-0.2, -0.15) is 9.64 Å². The SMILES string of the molecule is CC1Cc2nsc(C#N)c2CN1C. The molecule has 4 heteroatoms. The van der Waals surface area contributed by atoms with Gasteiger partial charge in [0.15, 0.2) is 0 Å². The van der Waals surface area contributed by atoms with Gasteiger partial charge in [0, 0.05) is 24.6 Å². The van der Waals surface area contributed by atoms with Crippen LogP contribution < -0.4 is 0 Å². The quantitative estimate of drug-likeness (QED) is 0.625. The molecule has 0 N–H and O–H groups in total. The molecule has 0 amide bonds. The molecule has 1 aromatic heterocycles. The van der Waals surface area contributed by atoms with Crippen LogP contribution in [-0.2, 0) is 13.0 Å². The first-order valence-corrected chi connectivity index (χ1v) is 5.07. The molecule has 0 saturated carbocycles. The zero-order valence-corrected chi connectivity index (χ0v) is 8.56. The van der Waals surface area contributed by atoms with E-state index in [2.05, 4.69) is 29.3 Å². The molecule has 0 saturated heterocycles. The molecule has 0 aliphatic carbocycles. The van der Waals surface area contributed by atoms with Crippen LogP contribution in [0.4, 0.5) is 0 Å². The second-order valence-corrected chi connectivity index (χ2v) is 4.29.